The van der Waals surface area contributed by atoms with Gasteiger partial charge in [0.05, 0.1) is 18.9 Å². The summed E-state index contributed by atoms with van der Waals surface area (Å²) in [6, 6.07) is 10.2. The molecule has 0 unspecified atom stereocenters. The van der Waals surface area contributed by atoms with Crippen LogP contribution in [0.4, 0.5) is 0 Å². The van der Waals surface area contributed by atoms with Gasteiger partial charge < -0.3 is 19.0 Å². The molecule has 0 aliphatic rings. The third-order valence-electron chi connectivity index (χ3n) is 4.45. The maximum atomic E-state index is 12.9. The molecular weight excluding hydrogens is 368 g/mol. The number of carbonyl (C=O) groups excluding carboxylic acids is 2. The van der Waals surface area contributed by atoms with Crippen molar-refractivity contribution in [2.45, 2.75) is 26.4 Å². The van der Waals surface area contributed by atoms with Gasteiger partial charge in [-0.3, -0.25) is 4.79 Å². The van der Waals surface area contributed by atoms with Gasteiger partial charge >= 0.3 is 5.97 Å². The molecule has 0 aliphatic carbocycles. The van der Waals surface area contributed by atoms with Gasteiger partial charge in [0, 0.05) is 23.7 Å². The quantitative estimate of drug-likeness (QED) is 0.650. The zero-order chi connectivity index (χ0) is 19.6. The fraction of sp³-hybridized carbons (Fsp3) is 0.300. The molecule has 1 amide bonds. The first-order valence-corrected chi connectivity index (χ1v) is 8.99. The molecule has 27 heavy (non-hydrogen) atoms. The van der Waals surface area contributed by atoms with Crippen molar-refractivity contribution in [3.05, 3.63) is 58.9 Å². The van der Waals surface area contributed by atoms with Gasteiger partial charge in [-0.05, 0) is 17.5 Å². The normalized spacial score (nSPS) is 12.3. The summed E-state index contributed by atoms with van der Waals surface area (Å²) in [5.74, 6) is -0.972. The highest BCUT2D eigenvalue weighted by atomic mass is 35.5. The van der Waals surface area contributed by atoms with E-state index >= 15 is 0 Å². The second-order valence-corrected chi connectivity index (χ2v) is 7.00. The fourth-order valence-corrected chi connectivity index (χ4v) is 3.17. The molecule has 0 spiro atoms. The van der Waals surface area contributed by atoms with Crippen LogP contribution in [0.15, 0.2) is 47.1 Å². The molecule has 0 bridgehead atoms. The van der Waals surface area contributed by atoms with Crippen molar-refractivity contribution in [1.29, 1.82) is 0 Å². The smallest absolute Gasteiger partial charge is 0.328 e. The van der Waals surface area contributed by atoms with E-state index < -0.39 is 12.0 Å². The average molecular weight is 389 g/mol. The summed E-state index contributed by atoms with van der Waals surface area (Å²) in [6.45, 7) is 4.09. The lowest BCUT2D eigenvalue weighted by molar-refractivity contribution is -0.144. The second-order valence-electron chi connectivity index (χ2n) is 6.60. The van der Waals surface area contributed by atoms with Gasteiger partial charge in [-0.15, -0.1) is 0 Å². The van der Waals surface area contributed by atoms with Crippen molar-refractivity contribution < 1.29 is 18.7 Å². The summed E-state index contributed by atoms with van der Waals surface area (Å²) in [7, 11) is 1.30. The number of nitrogens with one attached hydrogen (secondary N) is 1. The Kier molecular flexibility index (Phi) is 5.56. The van der Waals surface area contributed by atoms with Gasteiger partial charge in [0.2, 0.25) is 0 Å². The number of benzene rings is 1. The second kappa shape index (κ2) is 7.88. The molecule has 0 radical (unpaired) electrons. The van der Waals surface area contributed by atoms with Gasteiger partial charge in [0.25, 0.3) is 5.91 Å². The Bertz CT molecular complexity index is 973. The van der Waals surface area contributed by atoms with E-state index in [2.05, 4.69) is 5.32 Å². The fourth-order valence-electron chi connectivity index (χ4n) is 2.97. The minimum atomic E-state index is -0.738. The maximum absolute atomic E-state index is 12.9. The SMILES string of the molecule is COC(=O)[C@@H](NC(=O)c1cc2occc2n1Cc1ccccc1Cl)C(C)C. The molecular formula is C20H21ClN2O4. The zero-order valence-corrected chi connectivity index (χ0v) is 16.1. The molecule has 0 fully saturated rings. The Morgan fingerprint density at radius 2 is 2.00 bits per heavy atom. The topological polar surface area (TPSA) is 73.5 Å². The van der Waals surface area contributed by atoms with Crippen LogP contribution in [0.3, 0.4) is 0 Å². The van der Waals surface area contributed by atoms with Crippen LogP contribution in [0.1, 0.15) is 29.9 Å². The van der Waals surface area contributed by atoms with E-state index in [-0.39, 0.29) is 11.8 Å². The van der Waals surface area contributed by atoms with Crippen molar-refractivity contribution in [3.63, 3.8) is 0 Å². The summed E-state index contributed by atoms with van der Waals surface area (Å²) in [6.07, 6.45) is 1.57. The highest BCUT2D eigenvalue weighted by Gasteiger charge is 2.27. The number of aromatic nitrogens is 1. The number of nitrogens with zero attached hydrogens (tertiary/aromatic N) is 1. The molecule has 3 aromatic rings. The van der Waals surface area contributed by atoms with E-state index in [4.69, 9.17) is 20.8 Å². The van der Waals surface area contributed by atoms with Crippen LogP contribution < -0.4 is 5.32 Å². The first kappa shape index (κ1) is 19.0. The summed E-state index contributed by atoms with van der Waals surface area (Å²) in [5.41, 5.74) is 2.63. The Balaban J connectivity index is 1.96. The maximum Gasteiger partial charge on any atom is 0.328 e. The van der Waals surface area contributed by atoms with E-state index in [0.29, 0.717) is 22.8 Å². The first-order chi connectivity index (χ1) is 12.9. The van der Waals surface area contributed by atoms with Crippen molar-refractivity contribution in [3.8, 4) is 0 Å². The van der Waals surface area contributed by atoms with E-state index in [1.165, 1.54) is 7.11 Å². The Morgan fingerprint density at radius 1 is 1.26 bits per heavy atom. The lowest BCUT2D eigenvalue weighted by Gasteiger charge is -2.20. The number of amides is 1. The number of esters is 1. The van der Waals surface area contributed by atoms with Crippen LogP contribution in [0, 0.1) is 5.92 Å². The lowest BCUT2D eigenvalue weighted by atomic mass is 10.0. The van der Waals surface area contributed by atoms with Crippen molar-refractivity contribution in [1.82, 2.24) is 9.88 Å². The van der Waals surface area contributed by atoms with Gasteiger partial charge in [0.15, 0.2) is 5.58 Å². The zero-order valence-electron chi connectivity index (χ0n) is 15.4. The number of ether oxygens (including phenoxy) is 1. The predicted molar refractivity (Wildman–Crippen MR) is 103 cm³/mol. The Hall–Kier alpha value is -2.73. The van der Waals surface area contributed by atoms with E-state index in [1.54, 1.807) is 24.5 Å². The van der Waals surface area contributed by atoms with Crippen molar-refractivity contribution in [2.75, 3.05) is 7.11 Å². The summed E-state index contributed by atoms with van der Waals surface area (Å²) in [4.78, 5) is 24.9. The standard InChI is InChI=1S/C20H21ClN2O4/c1-12(2)18(20(25)26-3)22-19(24)16-10-17-15(8-9-27-17)23(16)11-13-6-4-5-7-14(13)21/h4-10,12,18H,11H2,1-3H3,(H,22,24)/t18-/m0/s1. The third kappa shape index (κ3) is 3.85. The molecule has 0 saturated heterocycles. The molecule has 3 rings (SSSR count). The monoisotopic (exact) mass is 388 g/mol. The van der Waals surface area contributed by atoms with Crippen LogP contribution in [0.25, 0.3) is 11.1 Å². The van der Waals surface area contributed by atoms with E-state index in [1.807, 2.05) is 36.6 Å². The summed E-state index contributed by atoms with van der Waals surface area (Å²) >= 11 is 6.29. The van der Waals surface area contributed by atoms with Crippen molar-refractivity contribution in [2.24, 2.45) is 5.92 Å². The van der Waals surface area contributed by atoms with Crippen LogP contribution in [0.5, 0.6) is 0 Å². The molecule has 1 aromatic carbocycles. The Labute approximate surface area is 162 Å². The molecule has 6 nitrogen and oxygen atoms in total. The predicted octanol–water partition coefficient (Wildman–Crippen LogP) is 3.86. The summed E-state index contributed by atoms with van der Waals surface area (Å²) < 4.78 is 12.1. The molecule has 2 heterocycles. The number of halogens is 1. The first-order valence-electron chi connectivity index (χ1n) is 8.61. The highest BCUT2D eigenvalue weighted by molar-refractivity contribution is 6.31. The molecule has 1 atom stereocenters. The molecule has 0 aliphatic heterocycles. The Morgan fingerprint density at radius 3 is 2.67 bits per heavy atom. The summed E-state index contributed by atoms with van der Waals surface area (Å²) in [5, 5.41) is 3.38. The number of hydrogen-bond donors (Lipinski definition) is 1. The third-order valence-corrected chi connectivity index (χ3v) is 4.82. The highest BCUT2D eigenvalue weighted by Crippen LogP contribution is 2.25. The number of rotatable bonds is 6. The minimum Gasteiger partial charge on any atom is -0.467 e. The largest absolute Gasteiger partial charge is 0.467 e. The number of fused-ring (bicyclic) bond motifs is 1. The molecule has 1 N–H and O–H groups in total. The van der Waals surface area contributed by atoms with Gasteiger partial charge in [0.1, 0.15) is 11.7 Å². The van der Waals surface area contributed by atoms with Crippen LogP contribution >= 0.6 is 11.6 Å². The van der Waals surface area contributed by atoms with Crippen LogP contribution in [-0.4, -0.2) is 29.6 Å². The number of furan rings is 1. The van der Waals surface area contributed by atoms with Crippen molar-refractivity contribution >= 4 is 34.6 Å². The molecule has 2 aromatic heterocycles. The van der Waals surface area contributed by atoms with Gasteiger partial charge in [-0.1, -0.05) is 43.6 Å². The molecule has 142 valence electrons. The molecule has 0 saturated carbocycles. The van der Waals surface area contributed by atoms with Gasteiger partial charge in [-0.2, -0.15) is 0 Å². The number of carbonyl (C=O) groups is 2. The van der Waals surface area contributed by atoms with E-state index in [0.717, 1.165) is 11.1 Å². The average Bonchev–Trinajstić information content (AvgIpc) is 3.23. The lowest BCUT2D eigenvalue weighted by Crippen LogP contribution is -2.45. The van der Waals surface area contributed by atoms with E-state index in [9.17, 15) is 9.59 Å². The van der Waals surface area contributed by atoms with Crippen LogP contribution in [-0.2, 0) is 16.1 Å². The minimum absolute atomic E-state index is 0.114. The number of methoxy groups -OCH3 is 1. The van der Waals surface area contributed by atoms with Crippen LogP contribution in [0.2, 0.25) is 5.02 Å². The molecule has 7 heteroatoms. The van der Waals surface area contributed by atoms with Gasteiger partial charge in [-0.25, -0.2) is 4.79 Å². The number of hydrogen-bond acceptors (Lipinski definition) is 4.